The van der Waals surface area contributed by atoms with Crippen LogP contribution in [0, 0.1) is 0 Å². The van der Waals surface area contributed by atoms with E-state index in [1.807, 2.05) is 0 Å². The first-order valence-electron chi connectivity index (χ1n) is 5.41. The Kier molecular flexibility index (Phi) is 4.20. The molecule has 0 unspecified atom stereocenters. The summed E-state index contributed by atoms with van der Waals surface area (Å²) in [5.74, 6) is -1.12. The second-order valence-corrected chi connectivity index (χ2v) is 4.49. The van der Waals surface area contributed by atoms with Crippen LogP contribution in [0.5, 0.6) is 0 Å². The van der Waals surface area contributed by atoms with Gasteiger partial charge in [0.15, 0.2) is 5.71 Å². The molecule has 0 radical (unpaired) electrons. The molecule has 0 saturated carbocycles. The van der Waals surface area contributed by atoms with E-state index in [1.165, 1.54) is 0 Å². The molecule has 0 atom stereocenters. The van der Waals surface area contributed by atoms with E-state index in [2.05, 4.69) is 4.99 Å². The summed E-state index contributed by atoms with van der Waals surface area (Å²) in [4.78, 5) is 15.4. The third-order valence-corrected chi connectivity index (χ3v) is 3.22. The molecule has 96 valence electrons. The Bertz CT molecular complexity index is 639. The zero-order chi connectivity index (χ0) is 13.8. The molecule has 0 aromatic heterocycles. The van der Waals surface area contributed by atoms with Crippen LogP contribution in [0.3, 0.4) is 0 Å². The van der Waals surface area contributed by atoms with E-state index in [-0.39, 0.29) is 10.7 Å². The summed E-state index contributed by atoms with van der Waals surface area (Å²) in [6, 6.07) is 13.5. The van der Waals surface area contributed by atoms with Crippen molar-refractivity contribution in [3.05, 3.63) is 64.1 Å². The Labute approximate surface area is 120 Å². The molecule has 0 amide bonds. The molecule has 0 aliphatic heterocycles. The molecule has 0 aliphatic carbocycles. The number of halogens is 2. The number of rotatable bonds is 3. The van der Waals surface area contributed by atoms with Crippen LogP contribution < -0.4 is 0 Å². The van der Waals surface area contributed by atoms with E-state index in [1.54, 1.807) is 48.5 Å². The van der Waals surface area contributed by atoms with Crippen LogP contribution in [0.25, 0.3) is 0 Å². The topological polar surface area (TPSA) is 49.7 Å². The first kappa shape index (κ1) is 13.6. The van der Waals surface area contributed by atoms with Gasteiger partial charge >= 0.3 is 5.97 Å². The molecule has 1 N–H and O–H groups in total. The van der Waals surface area contributed by atoms with Gasteiger partial charge in [0.2, 0.25) is 0 Å². The molecule has 0 fully saturated rings. The monoisotopic (exact) mass is 293 g/mol. The average Bonchev–Trinajstić information content (AvgIpc) is 2.41. The summed E-state index contributed by atoms with van der Waals surface area (Å²) in [6.07, 6.45) is 0. The smallest absolute Gasteiger partial charge is 0.355 e. The highest BCUT2D eigenvalue weighted by Crippen LogP contribution is 2.32. The summed E-state index contributed by atoms with van der Waals surface area (Å²) in [7, 11) is 0. The van der Waals surface area contributed by atoms with E-state index in [0.717, 1.165) is 0 Å². The predicted octanol–water partition coefficient (Wildman–Crippen LogP) is 4.20. The lowest BCUT2D eigenvalue weighted by Gasteiger charge is -2.04. The Morgan fingerprint density at radius 1 is 1.00 bits per heavy atom. The minimum absolute atomic E-state index is 0.0789. The number of aliphatic carboxylic acids is 1. The summed E-state index contributed by atoms with van der Waals surface area (Å²) < 4.78 is 0. The Morgan fingerprint density at radius 3 is 2.32 bits per heavy atom. The molecular formula is C14H9Cl2NO2. The average molecular weight is 294 g/mol. The normalized spacial score (nSPS) is 11.4. The van der Waals surface area contributed by atoms with Gasteiger partial charge in [0.1, 0.15) is 0 Å². The van der Waals surface area contributed by atoms with E-state index in [4.69, 9.17) is 23.2 Å². The van der Waals surface area contributed by atoms with Crippen molar-refractivity contribution >= 4 is 40.6 Å². The Hall–Kier alpha value is -1.84. The van der Waals surface area contributed by atoms with Gasteiger partial charge in [-0.1, -0.05) is 59.6 Å². The van der Waals surface area contributed by atoms with Crippen molar-refractivity contribution in [1.29, 1.82) is 0 Å². The van der Waals surface area contributed by atoms with E-state index in [0.29, 0.717) is 16.3 Å². The summed E-state index contributed by atoms with van der Waals surface area (Å²) in [6.45, 7) is 0. The highest BCUT2D eigenvalue weighted by Gasteiger charge is 2.13. The first-order chi connectivity index (χ1) is 9.09. The molecule has 2 aromatic carbocycles. The zero-order valence-electron chi connectivity index (χ0n) is 9.68. The van der Waals surface area contributed by atoms with Gasteiger partial charge in [-0.3, -0.25) is 0 Å². The van der Waals surface area contributed by atoms with Gasteiger partial charge < -0.3 is 5.11 Å². The number of hydrogen-bond donors (Lipinski definition) is 1. The van der Waals surface area contributed by atoms with Crippen molar-refractivity contribution in [2.75, 3.05) is 0 Å². The van der Waals surface area contributed by atoms with Crippen LogP contribution in [-0.2, 0) is 4.79 Å². The van der Waals surface area contributed by atoms with Crippen LogP contribution in [-0.4, -0.2) is 16.8 Å². The standard InChI is InChI=1S/C14H9Cl2NO2/c15-10-7-4-8-11(12(10)16)17-13(14(18)19)9-5-2-1-3-6-9/h1-8H,(H,18,19). The number of carboxylic acid groups (broad SMARTS) is 1. The van der Waals surface area contributed by atoms with Gasteiger partial charge in [-0.25, -0.2) is 9.79 Å². The van der Waals surface area contributed by atoms with Crippen molar-refractivity contribution in [3.63, 3.8) is 0 Å². The number of benzene rings is 2. The van der Waals surface area contributed by atoms with Crippen LogP contribution in [0.2, 0.25) is 10.0 Å². The highest BCUT2D eigenvalue weighted by atomic mass is 35.5. The third kappa shape index (κ3) is 3.13. The van der Waals surface area contributed by atoms with Gasteiger partial charge in [0, 0.05) is 5.56 Å². The highest BCUT2D eigenvalue weighted by molar-refractivity contribution is 6.45. The van der Waals surface area contributed by atoms with E-state index < -0.39 is 5.97 Å². The minimum atomic E-state index is -1.12. The lowest BCUT2D eigenvalue weighted by atomic mass is 10.1. The SMILES string of the molecule is O=C(O)C(=Nc1cccc(Cl)c1Cl)c1ccccc1. The fourth-order valence-electron chi connectivity index (χ4n) is 1.53. The molecule has 5 heteroatoms. The van der Waals surface area contributed by atoms with Gasteiger partial charge in [-0.2, -0.15) is 0 Å². The second-order valence-electron chi connectivity index (χ2n) is 3.70. The van der Waals surface area contributed by atoms with Crippen LogP contribution in [0.15, 0.2) is 53.5 Å². The molecule has 2 rings (SSSR count). The fourth-order valence-corrected chi connectivity index (χ4v) is 1.87. The van der Waals surface area contributed by atoms with Crippen molar-refractivity contribution in [1.82, 2.24) is 0 Å². The molecule has 0 bridgehead atoms. The van der Waals surface area contributed by atoms with Crippen LogP contribution in [0.4, 0.5) is 5.69 Å². The van der Waals surface area contributed by atoms with Crippen molar-refractivity contribution < 1.29 is 9.90 Å². The molecule has 0 aliphatic rings. The van der Waals surface area contributed by atoms with Gasteiger partial charge in [0.25, 0.3) is 0 Å². The fraction of sp³-hybridized carbons (Fsp3) is 0. The summed E-state index contributed by atoms with van der Waals surface area (Å²) >= 11 is 11.9. The predicted molar refractivity (Wildman–Crippen MR) is 76.7 cm³/mol. The maximum Gasteiger partial charge on any atom is 0.355 e. The van der Waals surface area contributed by atoms with Crippen molar-refractivity contribution in [2.24, 2.45) is 4.99 Å². The Balaban J connectivity index is 2.54. The van der Waals surface area contributed by atoms with Crippen molar-refractivity contribution in [2.45, 2.75) is 0 Å². The largest absolute Gasteiger partial charge is 0.476 e. The van der Waals surface area contributed by atoms with E-state index in [9.17, 15) is 9.90 Å². The summed E-state index contributed by atoms with van der Waals surface area (Å²) in [5.41, 5.74) is 0.756. The number of carbonyl (C=O) groups is 1. The minimum Gasteiger partial charge on any atom is -0.476 e. The quantitative estimate of drug-likeness (QED) is 0.862. The number of hydrogen-bond acceptors (Lipinski definition) is 2. The van der Waals surface area contributed by atoms with Crippen molar-refractivity contribution in [3.8, 4) is 0 Å². The second kappa shape index (κ2) is 5.87. The third-order valence-electron chi connectivity index (χ3n) is 2.41. The molecule has 3 nitrogen and oxygen atoms in total. The van der Waals surface area contributed by atoms with Gasteiger partial charge in [0.05, 0.1) is 15.7 Å². The number of carboxylic acids is 1. The van der Waals surface area contributed by atoms with Gasteiger partial charge in [-0.05, 0) is 12.1 Å². The number of aliphatic imine (C=N–C) groups is 1. The lowest BCUT2D eigenvalue weighted by molar-refractivity contribution is -0.129. The Morgan fingerprint density at radius 2 is 1.68 bits per heavy atom. The summed E-state index contributed by atoms with van der Waals surface area (Å²) in [5, 5.41) is 9.81. The maximum absolute atomic E-state index is 11.3. The van der Waals surface area contributed by atoms with Crippen LogP contribution in [0.1, 0.15) is 5.56 Å². The lowest BCUT2D eigenvalue weighted by Crippen LogP contribution is -2.13. The van der Waals surface area contributed by atoms with Crippen LogP contribution >= 0.6 is 23.2 Å². The molecule has 0 saturated heterocycles. The molecule has 19 heavy (non-hydrogen) atoms. The molecule has 0 heterocycles. The molecule has 2 aromatic rings. The molecule has 0 spiro atoms. The first-order valence-corrected chi connectivity index (χ1v) is 6.16. The van der Waals surface area contributed by atoms with Gasteiger partial charge in [-0.15, -0.1) is 0 Å². The molecular weight excluding hydrogens is 285 g/mol. The van der Waals surface area contributed by atoms with E-state index >= 15 is 0 Å². The maximum atomic E-state index is 11.3. The number of nitrogens with zero attached hydrogens (tertiary/aromatic N) is 1. The zero-order valence-corrected chi connectivity index (χ0v) is 11.2.